The molecule has 0 spiro atoms. The molecule has 0 radical (unpaired) electrons. The highest BCUT2D eigenvalue weighted by Crippen LogP contribution is 2.25. The molecule has 1 aromatic rings. The number of hydrogen-bond donors (Lipinski definition) is 5. The molecule has 11 nitrogen and oxygen atoms in total. The molecule has 1 saturated heterocycles. The van der Waals surface area contributed by atoms with Gasteiger partial charge >= 0.3 is 0 Å². The highest BCUT2D eigenvalue weighted by atomic mass is 19.2. The minimum atomic E-state index is -1.03. The van der Waals surface area contributed by atoms with E-state index in [2.05, 4.69) is 16.0 Å². The third kappa shape index (κ3) is 8.74. The number of nitrogens with one attached hydrogen (secondary N) is 4. The van der Waals surface area contributed by atoms with Gasteiger partial charge in [-0.25, -0.2) is 0 Å². The van der Waals surface area contributed by atoms with Crippen LogP contribution in [0.2, 0.25) is 0 Å². The minimum Gasteiger partial charge on any atom is -0.378 e. The van der Waals surface area contributed by atoms with Gasteiger partial charge in [-0.15, -0.1) is 10.0 Å². The minimum absolute atomic E-state index is 0.136. The summed E-state index contributed by atoms with van der Waals surface area (Å²) < 4.78 is 18.4. The van der Waals surface area contributed by atoms with E-state index in [4.69, 9.17) is 10.5 Å². The number of likely N-dealkylation sites (tertiary alicyclic amines) is 1. The third-order valence-corrected chi connectivity index (χ3v) is 6.88. The molecular formula is C26H41FN6O5. The third-order valence-electron chi connectivity index (χ3n) is 6.88. The Bertz CT molecular complexity index is 931. The Morgan fingerprint density at radius 2 is 1.87 bits per heavy atom. The molecule has 1 heterocycles. The van der Waals surface area contributed by atoms with Crippen LogP contribution in [0.1, 0.15) is 39.2 Å². The first kappa shape index (κ1) is 31.1. The van der Waals surface area contributed by atoms with Crippen LogP contribution in [-0.2, 0) is 30.3 Å². The summed E-state index contributed by atoms with van der Waals surface area (Å²) in [5, 5.41) is 8.07. The number of ether oxygens (including phenoxy) is 1. The molecule has 1 fully saturated rings. The van der Waals surface area contributed by atoms with Crippen LogP contribution in [0.4, 0.5) is 10.2 Å². The molecule has 6 N–H and O–H groups in total. The van der Waals surface area contributed by atoms with E-state index in [0.29, 0.717) is 18.7 Å². The van der Waals surface area contributed by atoms with Crippen LogP contribution in [0, 0.1) is 11.8 Å². The van der Waals surface area contributed by atoms with E-state index in [0.717, 1.165) is 24.8 Å². The first-order chi connectivity index (χ1) is 18.1. The maximum absolute atomic E-state index is 13.0. The fourth-order valence-corrected chi connectivity index (χ4v) is 4.64. The fraction of sp³-hybridized carbons (Fsp3) is 0.615. The molecule has 1 aliphatic heterocycles. The van der Waals surface area contributed by atoms with Crippen molar-refractivity contribution in [2.75, 3.05) is 32.1 Å². The van der Waals surface area contributed by atoms with E-state index in [1.807, 2.05) is 12.1 Å². The SMILES string of the molecule is CO[C@H]([C@@H](C)C(=O)N[C@H](CN)Cc1ccc(NC(=O)CNC(=O)C(NF)C(C)C)cc1)[C@@H]1CCCN1C=O. The molecule has 0 aliphatic carbocycles. The lowest BCUT2D eigenvalue weighted by molar-refractivity contribution is -0.134. The summed E-state index contributed by atoms with van der Waals surface area (Å²) in [5.74, 6) is -2.00. The number of carbonyl (C=O) groups is 4. The van der Waals surface area contributed by atoms with E-state index in [1.54, 1.807) is 44.9 Å². The molecule has 12 heteroatoms. The first-order valence-corrected chi connectivity index (χ1v) is 12.9. The highest BCUT2D eigenvalue weighted by molar-refractivity contribution is 5.95. The second kappa shape index (κ2) is 15.4. The molecule has 0 saturated carbocycles. The van der Waals surface area contributed by atoms with Crippen molar-refractivity contribution in [2.45, 2.75) is 64.3 Å². The average molecular weight is 537 g/mol. The summed E-state index contributed by atoms with van der Waals surface area (Å²) in [6, 6.07) is 5.56. The average Bonchev–Trinajstić information content (AvgIpc) is 3.37. The van der Waals surface area contributed by atoms with Crippen LogP contribution in [0.3, 0.4) is 0 Å². The van der Waals surface area contributed by atoms with E-state index in [1.165, 1.54) is 5.54 Å². The van der Waals surface area contributed by atoms with Crippen molar-refractivity contribution in [3.8, 4) is 0 Å². The fourth-order valence-electron chi connectivity index (χ4n) is 4.64. The summed E-state index contributed by atoms with van der Waals surface area (Å²) >= 11 is 0. The number of nitrogens with two attached hydrogens (primary N) is 1. The molecule has 1 aliphatic rings. The number of carbonyl (C=O) groups excluding carboxylic acids is 4. The van der Waals surface area contributed by atoms with Crippen molar-refractivity contribution >= 4 is 29.8 Å². The highest BCUT2D eigenvalue weighted by Gasteiger charge is 2.37. The number of halogens is 1. The van der Waals surface area contributed by atoms with E-state index >= 15 is 0 Å². The summed E-state index contributed by atoms with van der Waals surface area (Å²) in [4.78, 5) is 50.2. The number of benzene rings is 1. The van der Waals surface area contributed by atoms with Crippen LogP contribution in [0.15, 0.2) is 24.3 Å². The van der Waals surface area contributed by atoms with Gasteiger partial charge in [0.1, 0.15) is 6.04 Å². The van der Waals surface area contributed by atoms with Gasteiger partial charge in [0.2, 0.25) is 24.1 Å². The topological polar surface area (TPSA) is 155 Å². The molecular weight excluding hydrogens is 495 g/mol. The number of amides is 4. The second-order valence-corrected chi connectivity index (χ2v) is 9.98. The Kier molecular flexibility index (Phi) is 12.6. The molecule has 1 aromatic carbocycles. The lowest BCUT2D eigenvalue weighted by Gasteiger charge is -2.32. The van der Waals surface area contributed by atoms with Gasteiger partial charge in [0.25, 0.3) is 0 Å². The zero-order chi connectivity index (χ0) is 28.2. The van der Waals surface area contributed by atoms with Crippen LogP contribution < -0.4 is 27.2 Å². The standard InChI is InChI=1S/C26H41FN6O5/c1-16(2)23(32-27)26(37)29-14-22(35)30-19-9-7-18(8-10-19)12-20(13-28)31-25(36)17(3)24(38-4)21-6-5-11-33(21)15-34/h7-10,15-17,20-21,23-24,32H,5-6,11-14,28H2,1-4H3,(H,29,37)(H,30,35)(H,31,36)/t17-,20+,21+,23?,24-/m1/s1. The van der Waals surface area contributed by atoms with Crippen molar-refractivity contribution in [1.29, 1.82) is 0 Å². The van der Waals surface area contributed by atoms with Gasteiger partial charge < -0.3 is 31.3 Å². The number of rotatable bonds is 15. The van der Waals surface area contributed by atoms with Gasteiger partial charge in [0.15, 0.2) is 0 Å². The first-order valence-electron chi connectivity index (χ1n) is 12.9. The monoisotopic (exact) mass is 536 g/mol. The van der Waals surface area contributed by atoms with Crippen LogP contribution >= 0.6 is 0 Å². The predicted molar refractivity (Wildman–Crippen MR) is 141 cm³/mol. The maximum Gasteiger partial charge on any atom is 0.243 e. The van der Waals surface area contributed by atoms with Crippen molar-refractivity contribution in [2.24, 2.45) is 17.6 Å². The summed E-state index contributed by atoms with van der Waals surface area (Å²) in [7, 11) is 1.55. The van der Waals surface area contributed by atoms with Crippen molar-refractivity contribution in [3.05, 3.63) is 29.8 Å². The van der Waals surface area contributed by atoms with Gasteiger partial charge in [0.05, 0.1) is 24.6 Å². The zero-order valence-corrected chi connectivity index (χ0v) is 22.5. The second-order valence-electron chi connectivity index (χ2n) is 9.98. The van der Waals surface area contributed by atoms with Crippen LogP contribution in [-0.4, -0.2) is 80.0 Å². The summed E-state index contributed by atoms with van der Waals surface area (Å²) in [6.07, 6.45) is 2.54. The quantitative estimate of drug-likeness (QED) is 0.161. The van der Waals surface area contributed by atoms with Gasteiger partial charge in [-0.3, -0.25) is 19.2 Å². The Morgan fingerprint density at radius 1 is 1.18 bits per heavy atom. The molecule has 1 unspecified atom stereocenters. The number of nitrogens with zero attached hydrogens (tertiary/aromatic N) is 1. The predicted octanol–water partition coefficient (Wildman–Crippen LogP) is 0.498. The zero-order valence-electron chi connectivity index (χ0n) is 22.5. The van der Waals surface area contributed by atoms with Crippen LogP contribution in [0.25, 0.3) is 0 Å². The molecule has 0 aromatic heterocycles. The largest absolute Gasteiger partial charge is 0.378 e. The Labute approximate surface area is 223 Å². The summed E-state index contributed by atoms with van der Waals surface area (Å²) in [5.41, 5.74) is 8.80. The van der Waals surface area contributed by atoms with E-state index in [9.17, 15) is 23.7 Å². The number of methoxy groups -OCH3 is 1. The van der Waals surface area contributed by atoms with E-state index < -0.39 is 29.9 Å². The molecule has 2 rings (SSSR count). The van der Waals surface area contributed by atoms with E-state index in [-0.39, 0.29) is 37.0 Å². The number of hydrogen-bond acceptors (Lipinski definition) is 7. The van der Waals surface area contributed by atoms with Crippen LogP contribution in [0.5, 0.6) is 0 Å². The Morgan fingerprint density at radius 3 is 2.42 bits per heavy atom. The molecule has 0 bridgehead atoms. The van der Waals surface area contributed by atoms with Gasteiger partial charge in [-0.1, -0.05) is 32.9 Å². The lowest BCUT2D eigenvalue weighted by Crippen LogP contribution is -2.51. The van der Waals surface area contributed by atoms with Crippen molar-refractivity contribution < 1.29 is 28.4 Å². The normalized spacial score (nSPS) is 18.4. The van der Waals surface area contributed by atoms with Crippen molar-refractivity contribution in [1.82, 2.24) is 21.1 Å². The molecule has 5 atom stereocenters. The number of anilines is 1. The lowest BCUT2D eigenvalue weighted by atomic mass is 9.94. The van der Waals surface area contributed by atoms with Gasteiger partial charge in [0, 0.05) is 31.9 Å². The smallest absolute Gasteiger partial charge is 0.243 e. The molecule has 4 amide bonds. The molecule has 38 heavy (non-hydrogen) atoms. The molecule has 212 valence electrons. The summed E-state index contributed by atoms with van der Waals surface area (Å²) in [6.45, 7) is 5.76. The Hall–Kier alpha value is -3.09. The maximum atomic E-state index is 13.0. The Balaban J connectivity index is 1.88. The van der Waals surface area contributed by atoms with Crippen molar-refractivity contribution in [3.63, 3.8) is 0 Å². The van der Waals surface area contributed by atoms with Gasteiger partial charge in [-0.2, -0.15) is 0 Å². The van der Waals surface area contributed by atoms with Gasteiger partial charge in [-0.05, 0) is 42.9 Å².